The first kappa shape index (κ1) is 12.1. The van der Waals surface area contributed by atoms with Crippen LogP contribution in [0.5, 0.6) is 5.75 Å². The number of benzene rings is 1. The maximum Gasteiger partial charge on any atom is 0.339 e. The van der Waals surface area contributed by atoms with E-state index in [4.69, 9.17) is 10.2 Å². The van der Waals surface area contributed by atoms with Gasteiger partial charge in [0.2, 0.25) is 0 Å². The normalized spacial score (nSPS) is 10.6. The maximum absolute atomic E-state index is 10.9. The Bertz CT molecular complexity index is 606. The van der Waals surface area contributed by atoms with E-state index in [2.05, 4.69) is 10.3 Å². The van der Waals surface area contributed by atoms with Crippen molar-refractivity contribution in [3.63, 3.8) is 0 Å². The highest BCUT2D eigenvalue weighted by atomic mass is 16.4. The molecule has 2 rings (SSSR count). The molecule has 1 heterocycles. The van der Waals surface area contributed by atoms with Crippen molar-refractivity contribution in [3.8, 4) is 11.4 Å². The molecule has 0 saturated heterocycles. The van der Waals surface area contributed by atoms with Crippen LogP contribution in [0.25, 0.3) is 5.69 Å². The van der Waals surface area contributed by atoms with E-state index in [1.165, 1.54) is 22.9 Å². The predicted octanol–water partition coefficient (Wildman–Crippen LogP) is 0.472. The summed E-state index contributed by atoms with van der Waals surface area (Å²) in [7, 11) is 0. The molecule has 7 nitrogen and oxygen atoms in total. The number of nitrogens with zero attached hydrogens (tertiary/aromatic N) is 3. The second kappa shape index (κ2) is 4.46. The molecular formula is C11H11N3O4. The lowest BCUT2D eigenvalue weighted by Crippen LogP contribution is -2.03. The van der Waals surface area contributed by atoms with Crippen LogP contribution < -0.4 is 0 Å². The number of carboxylic acids is 1. The molecule has 0 radical (unpaired) electrons. The van der Waals surface area contributed by atoms with Crippen LogP contribution in [0.2, 0.25) is 0 Å². The smallest absolute Gasteiger partial charge is 0.339 e. The van der Waals surface area contributed by atoms with E-state index in [1.807, 2.05) is 0 Å². The fraction of sp³-hybridized carbons (Fsp3) is 0.182. The number of phenols is 1. The molecule has 94 valence electrons. The Balaban J connectivity index is 2.54. The zero-order valence-corrected chi connectivity index (χ0v) is 9.53. The van der Waals surface area contributed by atoms with Gasteiger partial charge >= 0.3 is 5.97 Å². The van der Waals surface area contributed by atoms with Gasteiger partial charge in [0.25, 0.3) is 0 Å². The number of rotatable bonds is 3. The summed E-state index contributed by atoms with van der Waals surface area (Å²) in [6.07, 6.45) is 0. The highest BCUT2D eigenvalue weighted by molar-refractivity contribution is 5.91. The van der Waals surface area contributed by atoms with E-state index >= 15 is 0 Å². The number of aromatic hydroxyl groups is 1. The molecular weight excluding hydrogens is 238 g/mol. The lowest BCUT2D eigenvalue weighted by atomic mass is 10.1. The molecule has 1 aromatic heterocycles. The molecule has 0 spiro atoms. The first-order chi connectivity index (χ1) is 8.54. The van der Waals surface area contributed by atoms with Gasteiger partial charge in [-0.2, -0.15) is 0 Å². The zero-order chi connectivity index (χ0) is 13.3. The molecule has 0 aliphatic carbocycles. The second-order valence-electron chi connectivity index (χ2n) is 3.70. The Kier molecular flexibility index (Phi) is 2.99. The Morgan fingerprint density at radius 3 is 2.72 bits per heavy atom. The Morgan fingerprint density at radius 1 is 1.44 bits per heavy atom. The predicted molar refractivity (Wildman–Crippen MR) is 60.6 cm³/mol. The minimum Gasteiger partial charge on any atom is -0.507 e. The minimum absolute atomic E-state index is 0.215. The van der Waals surface area contributed by atoms with Gasteiger partial charge in [-0.1, -0.05) is 5.21 Å². The molecule has 0 bridgehead atoms. The average Bonchev–Trinajstić information content (AvgIpc) is 2.71. The molecule has 7 heteroatoms. The van der Waals surface area contributed by atoms with Crippen LogP contribution in [0.15, 0.2) is 18.2 Å². The van der Waals surface area contributed by atoms with Crippen LogP contribution in [-0.2, 0) is 6.61 Å². The molecule has 0 fully saturated rings. The topological polar surface area (TPSA) is 108 Å². The first-order valence-corrected chi connectivity index (χ1v) is 5.13. The van der Waals surface area contributed by atoms with Crippen molar-refractivity contribution >= 4 is 5.97 Å². The summed E-state index contributed by atoms with van der Waals surface area (Å²) in [6.45, 7) is 1.47. The second-order valence-corrected chi connectivity index (χ2v) is 3.70. The number of aliphatic hydroxyl groups excluding tert-OH is 1. The van der Waals surface area contributed by atoms with E-state index in [0.29, 0.717) is 17.1 Å². The van der Waals surface area contributed by atoms with Crippen molar-refractivity contribution in [2.45, 2.75) is 13.5 Å². The van der Waals surface area contributed by atoms with Crippen molar-refractivity contribution in [2.24, 2.45) is 0 Å². The number of aliphatic hydroxyl groups is 1. The monoisotopic (exact) mass is 249 g/mol. The number of aromatic nitrogens is 3. The molecule has 18 heavy (non-hydrogen) atoms. The fourth-order valence-corrected chi connectivity index (χ4v) is 1.58. The summed E-state index contributed by atoms with van der Waals surface area (Å²) >= 11 is 0. The summed E-state index contributed by atoms with van der Waals surface area (Å²) in [5.74, 6) is -1.54. The fourth-order valence-electron chi connectivity index (χ4n) is 1.58. The third kappa shape index (κ3) is 1.91. The zero-order valence-electron chi connectivity index (χ0n) is 9.53. The minimum atomic E-state index is -1.23. The van der Waals surface area contributed by atoms with Crippen molar-refractivity contribution in [3.05, 3.63) is 35.2 Å². The van der Waals surface area contributed by atoms with Gasteiger partial charge in [-0.05, 0) is 25.1 Å². The van der Waals surface area contributed by atoms with Gasteiger partial charge in [-0.3, -0.25) is 0 Å². The molecule has 0 amide bonds. The summed E-state index contributed by atoms with van der Waals surface area (Å²) < 4.78 is 1.40. The van der Waals surface area contributed by atoms with E-state index in [9.17, 15) is 9.90 Å². The highest BCUT2D eigenvalue weighted by Crippen LogP contribution is 2.21. The van der Waals surface area contributed by atoms with Gasteiger partial charge in [0.15, 0.2) is 0 Å². The van der Waals surface area contributed by atoms with E-state index in [1.54, 1.807) is 6.92 Å². The number of aromatic carboxylic acids is 1. The third-order valence-corrected chi connectivity index (χ3v) is 2.60. The standard InChI is InChI=1S/C11H11N3O4/c1-6-9(5-15)12-13-14(6)7-2-3-10(16)8(4-7)11(17)18/h2-4,15-16H,5H2,1H3,(H,17,18). The molecule has 0 aliphatic rings. The van der Waals surface area contributed by atoms with Crippen molar-refractivity contribution in [1.29, 1.82) is 0 Å². The van der Waals surface area contributed by atoms with Gasteiger partial charge in [-0.25, -0.2) is 9.48 Å². The van der Waals surface area contributed by atoms with Gasteiger partial charge < -0.3 is 15.3 Å². The average molecular weight is 249 g/mol. The number of carbonyl (C=O) groups is 1. The van der Waals surface area contributed by atoms with Gasteiger partial charge in [0, 0.05) is 0 Å². The number of carboxylic acid groups (broad SMARTS) is 1. The SMILES string of the molecule is Cc1c(CO)nnn1-c1ccc(O)c(C(=O)O)c1. The summed E-state index contributed by atoms with van der Waals surface area (Å²) in [5, 5.41) is 34.9. The molecule has 1 aromatic carbocycles. The van der Waals surface area contributed by atoms with Crippen molar-refractivity contribution < 1.29 is 20.1 Å². The lowest BCUT2D eigenvalue weighted by molar-refractivity contribution is 0.0693. The van der Waals surface area contributed by atoms with E-state index in [0.717, 1.165) is 0 Å². The van der Waals surface area contributed by atoms with E-state index in [-0.39, 0.29) is 17.9 Å². The van der Waals surface area contributed by atoms with Crippen LogP contribution in [-0.4, -0.2) is 36.3 Å². The molecule has 2 aromatic rings. The largest absolute Gasteiger partial charge is 0.507 e. The maximum atomic E-state index is 10.9. The summed E-state index contributed by atoms with van der Waals surface area (Å²) in [5.41, 5.74) is 1.27. The Hall–Kier alpha value is -2.41. The molecule has 0 unspecified atom stereocenters. The highest BCUT2D eigenvalue weighted by Gasteiger charge is 2.14. The molecule has 3 N–H and O–H groups in total. The van der Waals surface area contributed by atoms with Crippen LogP contribution in [0.1, 0.15) is 21.7 Å². The van der Waals surface area contributed by atoms with Crippen molar-refractivity contribution in [2.75, 3.05) is 0 Å². The summed E-state index contributed by atoms with van der Waals surface area (Å²) in [4.78, 5) is 10.9. The third-order valence-electron chi connectivity index (χ3n) is 2.60. The van der Waals surface area contributed by atoms with Crippen LogP contribution in [0.3, 0.4) is 0 Å². The number of hydrogen-bond donors (Lipinski definition) is 3. The lowest BCUT2D eigenvalue weighted by Gasteiger charge is -2.06. The molecule has 0 atom stereocenters. The molecule has 0 saturated carbocycles. The Morgan fingerprint density at radius 2 is 2.17 bits per heavy atom. The first-order valence-electron chi connectivity index (χ1n) is 5.13. The van der Waals surface area contributed by atoms with Crippen LogP contribution in [0.4, 0.5) is 0 Å². The quantitative estimate of drug-likeness (QED) is 0.729. The van der Waals surface area contributed by atoms with Gasteiger partial charge in [-0.15, -0.1) is 5.10 Å². The van der Waals surface area contributed by atoms with E-state index < -0.39 is 5.97 Å². The van der Waals surface area contributed by atoms with Crippen molar-refractivity contribution in [1.82, 2.24) is 15.0 Å². The van der Waals surface area contributed by atoms with Gasteiger partial charge in [0.05, 0.1) is 18.0 Å². The van der Waals surface area contributed by atoms with Gasteiger partial charge in [0.1, 0.15) is 17.0 Å². The number of hydrogen-bond acceptors (Lipinski definition) is 5. The molecule has 0 aliphatic heterocycles. The van der Waals surface area contributed by atoms with Crippen LogP contribution in [0, 0.1) is 6.92 Å². The summed E-state index contributed by atoms with van der Waals surface area (Å²) in [6, 6.07) is 4.09. The Labute approximate surface area is 102 Å². The van der Waals surface area contributed by atoms with Crippen LogP contribution >= 0.6 is 0 Å².